The zero-order chi connectivity index (χ0) is 14.1. The van der Waals surface area contributed by atoms with Gasteiger partial charge in [-0.25, -0.2) is 0 Å². The van der Waals surface area contributed by atoms with Crippen LogP contribution in [-0.2, 0) is 18.0 Å². The van der Waals surface area contributed by atoms with E-state index >= 15 is 0 Å². The third-order valence-corrected chi connectivity index (χ3v) is 3.56. The molecule has 0 N–H and O–H groups in total. The summed E-state index contributed by atoms with van der Waals surface area (Å²) in [5, 5.41) is 11.7. The summed E-state index contributed by atoms with van der Waals surface area (Å²) in [4.78, 5) is 5.72. The summed E-state index contributed by atoms with van der Waals surface area (Å²) >= 11 is 0. The molecule has 2 aromatic rings. The lowest BCUT2D eigenvalue weighted by Gasteiger charge is -2.28. The summed E-state index contributed by atoms with van der Waals surface area (Å²) in [6.07, 6.45) is 3.61. The average Bonchev–Trinajstić information content (AvgIpc) is 2.55. The molecular weight excluding hydrogens is 264 g/mol. The van der Waals surface area contributed by atoms with Gasteiger partial charge in [0.25, 0.3) is 0 Å². The van der Waals surface area contributed by atoms with Crippen LogP contribution in [0, 0.1) is 0 Å². The van der Waals surface area contributed by atoms with Crippen molar-refractivity contribution < 1.29 is 4.94 Å². The first-order chi connectivity index (χ1) is 10.4. The quantitative estimate of drug-likeness (QED) is 0.847. The minimum absolute atomic E-state index is 0.611. The molecule has 5 nitrogen and oxygen atoms in total. The van der Waals surface area contributed by atoms with Crippen molar-refractivity contribution in [2.75, 3.05) is 0 Å². The van der Waals surface area contributed by atoms with Gasteiger partial charge in [0.2, 0.25) is 0 Å². The van der Waals surface area contributed by atoms with Crippen LogP contribution >= 0.6 is 0 Å². The van der Waals surface area contributed by atoms with E-state index in [0.29, 0.717) is 13.1 Å². The zero-order valence-corrected chi connectivity index (χ0v) is 11.4. The second-order valence-corrected chi connectivity index (χ2v) is 4.99. The molecule has 2 aromatic carbocycles. The van der Waals surface area contributed by atoms with E-state index in [-0.39, 0.29) is 0 Å². The van der Waals surface area contributed by atoms with E-state index in [0.717, 1.165) is 11.1 Å². The number of nitrogens with zero attached hydrogens (tertiary/aromatic N) is 4. The van der Waals surface area contributed by atoms with Crippen molar-refractivity contribution in [2.45, 2.75) is 13.1 Å². The molecule has 21 heavy (non-hydrogen) atoms. The molecule has 0 bridgehead atoms. The molecule has 0 amide bonds. The van der Waals surface area contributed by atoms with Crippen LogP contribution in [0.5, 0.6) is 0 Å². The Labute approximate surface area is 122 Å². The highest BCUT2D eigenvalue weighted by Crippen LogP contribution is 2.19. The molecule has 0 spiro atoms. The van der Waals surface area contributed by atoms with E-state index in [1.54, 1.807) is 22.8 Å². The Morgan fingerprint density at radius 2 is 1.19 bits per heavy atom. The summed E-state index contributed by atoms with van der Waals surface area (Å²) in [6.45, 7) is 1.22. The first-order valence-corrected chi connectivity index (χ1v) is 6.85. The van der Waals surface area contributed by atoms with Crippen molar-refractivity contribution in [3.05, 3.63) is 70.8 Å². The third-order valence-electron chi connectivity index (χ3n) is 3.56. The van der Waals surface area contributed by atoms with Crippen molar-refractivity contribution in [3.8, 4) is 0 Å². The molecule has 0 radical (unpaired) electrons. The van der Waals surface area contributed by atoms with Crippen molar-refractivity contribution in [2.24, 2.45) is 10.2 Å². The Balaban J connectivity index is 1.47. The molecule has 2 heterocycles. The van der Waals surface area contributed by atoms with E-state index in [1.807, 2.05) is 36.4 Å². The highest BCUT2D eigenvalue weighted by molar-refractivity contribution is 5.82. The van der Waals surface area contributed by atoms with Crippen LogP contribution in [0.25, 0.3) is 0 Å². The predicted molar refractivity (Wildman–Crippen MR) is 80.2 cm³/mol. The van der Waals surface area contributed by atoms with E-state index in [2.05, 4.69) is 22.3 Å². The number of hydrazone groups is 2. The smallest absolute Gasteiger partial charge is 0.0930 e. The van der Waals surface area contributed by atoms with Gasteiger partial charge < -0.3 is 0 Å². The first kappa shape index (κ1) is 12.1. The van der Waals surface area contributed by atoms with Crippen molar-refractivity contribution in [1.29, 1.82) is 0 Å². The molecule has 0 aromatic heterocycles. The summed E-state index contributed by atoms with van der Waals surface area (Å²) in [7, 11) is 0. The Hall–Kier alpha value is -2.66. The number of hydrogen-bond acceptors (Lipinski definition) is 5. The highest BCUT2D eigenvalue weighted by atomic mass is 16.9. The summed E-state index contributed by atoms with van der Waals surface area (Å²) in [5.41, 5.74) is 4.64. The van der Waals surface area contributed by atoms with Crippen LogP contribution in [0.3, 0.4) is 0 Å². The van der Waals surface area contributed by atoms with Gasteiger partial charge >= 0.3 is 0 Å². The Bertz CT molecular complexity index is 664. The second-order valence-electron chi connectivity index (χ2n) is 4.99. The molecule has 0 saturated carbocycles. The topological polar surface area (TPSA) is 40.4 Å². The fraction of sp³-hybridized carbons (Fsp3) is 0.125. The molecule has 0 fully saturated rings. The maximum Gasteiger partial charge on any atom is 0.0930 e. The number of hydrogen-bond donors (Lipinski definition) is 0. The van der Waals surface area contributed by atoms with Gasteiger partial charge in [0.15, 0.2) is 0 Å². The van der Waals surface area contributed by atoms with Gasteiger partial charge in [0.1, 0.15) is 0 Å². The fourth-order valence-electron chi connectivity index (χ4n) is 2.44. The SMILES string of the molecule is C1=NN(ON2Cc3ccccc3C=N2)Cc2ccccc21. The molecule has 2 aliphatic rings. The number of fused-ring (bicyclic) bond motifs is 2. The van der Waals surface area contributed by atoms with Gasteiger partial charge in [-0.15, -0.1) is 15.3 Å². The van der Waals surface area contributed by atoms with Gasteiger partial charge in [-0.05, 0) is 22.3 Å². The fourth-order valence-corrected chi connectivity index (χ4v) is 2.44. The van der Waals surface area contributed by atoms with Crippen molar-refractivity contribution in [3.63, 3.8) is 0 Å². The molecule has 4 rings (SSSR count). The minimum atomic E-state index is 0.611. The van der Waals surface area contributed by atoms with Crippen LogP contribution < -0.4 is 0 Å². The van der Waals surface area contributed by atoms with Gasteiger partial charge in [0.05, 0.1) is 25.5 Å². The monoisotopic (exact) mass is 278 g/mol. The molecule has 0 atom stereocenters. The first-order valence-electron chi connectivity index (χ1n) is 6.85. The third kappa shape index (κ3) is 2.39. The summed E-state index contributed by atoms with van der Waals surface area (Å²) in [5.74, 6) is 0. The average molecular weight is 278 g/mol. The van der Waals surface area contributed by atoms with E-state index in [1.165, 1.54) is 11.1 Å². The van der Waals surface area contributed by atoms with Gasteiger partial charge in [0, 0.05) is 0 Å². The van der Waals surface area contributed by atoms with E-state index < -0.39 is 0 Å². The molecule has 5 heteroatoms. The predicted octanol–water partition coefficient (Wildman–Crippen LogP) is 2.53. The largest absolute Gasteiger partial charge is 0.157 e. The number of benzene rings is 2. The molecule has 104 valence electrons. The number of rotatable bonds is 2. The van der Waals surface area contributed by atoms with Crippen LogP contribution in [0.2, 0.25) is 0 Å². The van der Waals surface area contributed by atoms with Gasteiger partial charge in [-0.3, -0.25) is 0 Å². The highest BCUT2D eigenvalue weighted by Gasteiger charge is 2.18. The van der Waals surface area contributed by atoms with Gasteiger partial charge in [-0.2, -0.15) is 10.2 Å². The van der Waals surface area contributed by atoms with E-state index in [9.17, 15) is 0 Å². The summed E-state index contributed by atoms with van der Waals surface area (Å²) < 4.78 is 0. The Morgan fingerprint density at radius 1 is 0.714 bits per heavy atom. The normalized spacial score (nSPS) is 15.8. The lowest BCUT2D eigenvalue weighted by Crippen LogP contribution is -2.32. The van der Waals surface area contributed by atoms with E-state index in [4.69, 9.17) is 4.94 Å². The van der Waals surface area contributed by atoms with Crippen LogP contribution in [-0.4, -0.2) is 22.8 Å². The maximum absolute atomic E-state index is 5.72. The van der Waals surface area contributed by atoms with Crippen LogP contribution in [0.1, 0.15) is 22.3 Å². The molecule has 2 aliphatic heterocycles. The lowest BCUT2D eigenvalue weighted by atomic mass is 10.1. The molecule has 0 aliphatic carbocycles. The van der Waals surface area contributed by atoms with Crippen molar-refractivity contribution >= 4 is 12.4 Å². The maximum atomic E-state index is 5.72. The zero-order valence-electron chi connectivity index (χ0n) is 11.4. The lowest BCUT2D eigenvalue weighted by molar-refractivity contribution is -0.337. The Kier molecular flexibility index (Phi) is 2.90. The van der Waals surface area contributed by atoms with Crippen LogP contribution in [0.15, 0.2) is 58.7 Å². The summed E-state index contributed by atoms with van der Waals surface area (Å²) in [6, 6.07) is 16.3. The number of hydroxylamine groups is 2. The van der Waals surface area contributed by atoms with Gasteiger partial charge in [-0.1, -0.05) is 48.5 Å². The second kappa shape index (κ2) is 5.03. The van der Waals surface area contributed by atoms with Crippen LogP contribution in [0.4, 0.5) is 0 Å². The van der Waals surface area contributed by atoms with Crippen molar-refractivity contribution in [1.82, 2.24) is 10.3 Å². The molecule has 0 saturated heterocycles. The standard InChI is InChI=1S/C16H14N4O/c1-3-7-15-11-19(17-9-13(15)5-1)21-20-12-16-8-4-2-6-14(16)10-18-20/h1-10H,11-12H2. The molecule has 0 unspecified atom stereocenters. The minimum Gasteiger partial charge on any atom is -0.157 e. The Morgan fingerprint density at radius 3 is 1.71 bits per heavy atom. The molecular formula is C16H14N4O.